The van der Waals surface area contributed by atoms with Crippen LogP contribution in [-0.2, 0) is 16.6 Å². The first-order valence-corrected chi connectivity index (χ1v) is 10.2. The fraction of sp³-hybridized carbons (Fsp3) is 0.0952. The minimum Gasteiger partial charge on any atom is -0.489 e. The number of carbonyl (C=O) groups is 1. The molecule has 3 aromatic carbocycles. The molecule has 0 radical (unpaired) electrons. The lowest BCUT2D eigenvalue weighted by Crippen LogP contribution is -2.19. The van der Waals surface area contributed by atoms with Crippen molar-refractivity contribution in [3.8, 4) is 5.75 Å². The van der Waals surface area contributed by atoms with Gasteiger partial charge in [-0.3, -0.25) is 4.79 Å². The molecule has 0 unspecified atom stereocenters. The first kappa shape index (κ1) is 20.5. The number of anilines is 1. The summed E-state index contributed by atoms with van der Waals surface area (Å²) in [4.78, 5) is 12.5. The molecule has 0 aliphatic rings. The van der Waals surface area contributed by atoms with Crippen molar-refractivity contribution < 1.29 is 22.3 Å². The summed E-state index contributed by atoms with van der Waals surface area (Å²) in [6.07, 6.45) is 0. The Balaban J connectivity index is 1.65. The molecule has 0 heterocycles. The SMILES string of the molecule is CNS(=O)(=O)c1ccc(C(=O)Nc2cccc(OCc3ccc(F)cc3)c2)cc1. The summed E-state index contributed by atoms with van der Waals surface area (Å²) in [6, 6.07) is 18.5. The van der Waals surface area contributed by atoms with Gasteiger partial charge >= 0.3 is 0 Å². The van der Waals surface area contributed by atoms with Gasteiger partial charge in [-0.05, 0) is 61.1 Å². The zero-order chi connectivity index (χ0) is 20.9. The molecule has 0 aromatic heterocycles. The Morgan fingerprint density at radius 2 is 1.69 bits per heavy atom. The van der Waals surface area contributed by atoms with E-state index < -0.39 is 10.0 Å². The van der Waals surface area contributed by atoms with Crippen molar-refractivity contribution >= 4 is 21.6 Å². The second-order valence-corrected chi connectivity index (χ2v) is 8.02. The summed E-state index contributed by atoms with van der Waals surface area (Å²) >= 11 is 0. The lowest BCUT2D eigenvalue weighted by molar-refractivity contribution is 0.102. The van der Waals surface area contributed by atoms with Gasteiger partial charge in [-0.1, -0.05) is 18.2 Å². The molecule has 3 rings (SSSR count). The number of amides is 1. The first-order valence-electron chi connectivity index (χ1n) is 8.70. The lowest BCUT2D eigenvalue weighted by atomic mass is 10.2. The quantitative estimate of drug-likeness (QED) is 0.619. The van der Waals surface area contributed by atoms with Crippen molar-refractivity contribution in [1.29, 1.82) is 0 Å². The molecule has 0 aliphatic heterocycles. The van der Waals surface area contributed by atoms with Crippen LogP contribution in [0.3, 0.4) is 0 Å². The van der Waals surface area contributed by atoms with Gasteiger partial charge in [0, 0.05) is 17.3 Å². The number of hydrogen-bond acceptors (Lipinski definition) is 4. The van der Waals surface area contributed by atoms with Crippen LogP contribution in [-0.4, -0.2) is 21.4 Å². The zero-order valence-corrected chi connectivity index (χ0v) is 16.4. The van der Waals surface area contributed by atoms with Crippen molar-refractivity contribution in [3.63, 3.8) is 0 Å². The van der Waals surface area contributed by atoms with Crippen LogP contribution in [0.4, 0.5) is 10.1 Å². The predicted molar refractivity (Wildman–Crippen MR) is 108 cm³/mol. The van der Waals surface area contributed by atoms with E-state index in [9.17, 15) is 17.6 Å². The molecular formula is C21H19FN2O4S. The van der Waals surface area contributed by atoms with Gasteiger partial charge in [0.1, 0.15) is 18.2 Å². The summed E-state index contributed by atoms with van der Waals surface area (Å²) in [7, 11) is -2.24. The number of sulfonamides is 1. The molecule has 0 bridgehead atoms. The first-order chi connectivity index (χ1) is 13.9. The molecule has 29 heavy (non-hydrogen) atoms. The fourth-order valence-corrected chi connectivity index (χ4v) is 3.25. The third-order valence-corrected chi connectivity index (χ3v) is 5.54. The van der Waals surface area contributed by atoms with E-state index in [-0.39, 0.29) is 23.2 Å². The number of hydrogen-bond donors (Lipinski definition) is 2. The Bertz CT molecular complexity index is 1100. The highest BCUT2D eigenvalue weighted by Gasteiger charge is 2.13. The minimum absolute atomic E-state index is 0.0766. The summed E-state index contributed by atoms with van der Waals surface area (Å²) in [5.74, 6) is -0.147. The molecule has 150 valence electrons. The van der Waals surface area contributed by atoms with Gasteiger partial charge in [-0.25, -0.2) is 17.5 Å². The predicted octanol–water partition coefficient (Wildman–Crippen LogP) is 3.57. The van der Waals surface area contributed by atoms with E-state index in [1.54, 1.807) is 36.4 Å². The minimum atomic E-state index is -3.56. The highest BCUT2D eigenvalue weighted by atomic mass is 32.2. The van der Waals surface area contributed by atoms with E-state index in [1.807, 2.05) is 0 Å². The van der Waals surface area contributed by atoms with Gasteiger partial charge in [0.2, 0.25) is 10.0 Å². The van der Waals surface area contributed by atoms with Crippen LogP contribution < -0.4 is 14.8 Å². The fourth-order valence-electron chi connectivity index (χ4n) is 2.52. The molecule has 0 saturated heterocycles. The van der Waals surface area contributed by atoms with Gasteiger partial charge < -0.3 is 10.1 Å². The van der Waals surface area contributed by atoms with Crippen LogP contribution in [0.5, 0.6) is 5.75 Å². The average Bonchev–Trinajstić information content (AvgIpc) is 2.73. The third kappa shape index (κ3) is 5.40. The number of ether oxygens (including phenoxy) is 1. The van der Waals surface area contributed by atoms with Crippen molar-refractivity contribution in [1.82, 2.24) is 4.72 Å². The van der Waals surface area contributed by atoms with Crippen LogP contribution in [0.1, 0.15) is 15.9 Å². The highest BCUT2D eigenvalue weighted by molar-refractivity contribution is 7.89. The summed E-state index contributed by atoms with van der Waals surface area (Å²) < 4.78 is 44.3. The molecule has 2 N–H and O–H groups in total. The maximum Gasteiger partial charge on any atom is 0.255 e. The number of halogens is 1. The zero-order valence-electron chi connectivity index (χ0n) is 15.6. The second-order valence-electron chi connectivity index (χ2n) is 6.13. The lowest BCUT2D eigenvalue weighted by Gasteiger charge is -2.10. The molecule has 8 heteroatoms. The molecule has 1 amide bonds. The van der Waals surface area contributed by atoms with Gasteiger partial charge in [-0.15, -0.1) is 0 Å². The van der Waals surface area contributed by atoms with Gasteiger partial charge in [-0.2, -0.15) is 0 Å². The summed E-state index contributed by atoms with van der Waals surface area (Å²) in [5.41, 5.74) is 1.66. The Hall–Kier alpha value is -3.23. The van der Waals surface area contributed by atoms with Gasteiger partial charge in [0.05, 0.1) is 4.90 Å². The van der Waals surface area contributed by atoms with Crippen molar-refractivity contribution in [2.75, 3.05) is 12.4 Å². The monoisotopic (exact) mass is 414 g/mol. The summed E-state index contributed by atoms with van der Waals surface area (Å²) in [6.45, 7) is 0.263. The molecular weight excluding hydrogens is 395 g/mol. The second kappa shape index (κ2) is 8.85. The van der Waals surface area contributed by atoms with Crippen molar-refractivity contribution in [2.24, 2.45) is 0 Å². The van der Waals surface area contributed by atoms with Crippen LogP contribution in [0.2, 0.25) is 0 Å². The maximum absolute atomic E-state index is 12.9. The van der Waals surface area contributed by atoms with E-state index in [0.717, 1.165) is 5.56 Å². The topological polar surface area (TPSA) is 84.5 Å². The van der Waals surface area contributed by atoms with E-state index in [0.29, 0.717) is 17.0 Å². The van der Waals surface area contributed by atoms with Crippen molar-refractivity contribution in [2.45, 2.75) is 11.5 Å². The standard InChI is InChI=1S/C21H19FN2O4S/c1-23-29(26,27)20-11-7-16(8-12-20)21(25)24-18-3-2-4-19(13-18)28-14-15-5-9-17(22)10-6-15/h2-13,23H,14H2,1H3,(H,24,25). The van der Waals surface area contributed by atoms with Crippen LogP contribution in [0.25, 0.3) is 0 Å². The van der Waals surface area contributed by atoms with Gasteiger partial charge in [0.15, 0.2) is 0 Å². The van der Waals surface area contributed by atoms with Gasteiger partial charge in [0.25, 0.3) is 5.91 Å². The number of benzene rings is 3. The number of carbonyl (C=O) groups excluding carboxylic acids is 1. The molecule has 6 nitrogen and oxygen atoms in total. The number of rotatable bonds is 7. The molecule has 0 atom stereocenters. The van der Waals surface area contributed by atoms with Crippen LogP contribution >= 0.6 is 0 Å². The molecule has 0 aliphatic carbocycles. The molecule has 0 saturated carbocycles. The Kier molecular flexibility index (Phi) is 6.26. The molecule has 3 aromatic rings. The van der Waals surface area contributed by atoms with E-state index in [4.69, 9.17) is 4.74 Å². The van der Waals surface area contributed by atoms with Crippen molar-refractivity contribution in [3.05, 3.63) is 89.7 Å². The maximum atomic E-state index is 12.9. The van der Waals surface area contributed by atoms with Crippen LogP contribution in [0.15, 0.2) is 77.7 Å². The highest BCUT2D eigenvalue weighted by Crippen LogP contribution is 2.20. The normalized spacial score (nSPS) is 11.1. The Labute approximate surface area is 168 Å². The van der Waals surface area contributed by atoms with E-state index in [2.05, 4.69) is 10.0 Å². The Morgan fingerprint density at radius 1 is 1.00 bits per heavy atom. The van der Waals surface area contributed by atoms with E-state index in [1.165, 1.54) is 43.4 Å². The molecule has 0 spiro atoms. The smallest absolute Gasteiger partial charge is 0.255 e. The van der Waals surface area contributed by atoms with Crippen LogP contribution in [0, 0.1) is 5.82 Å². The Morgan fingerprint density at radius 3 is 2.34 bits per heavy atom. The average molecular weight is 414 g/mol. The third-order valence-electron chi connectivity index (χ3n) is 4.11. The molecule has 0 fully saturated rings. The number of nitrogens with one attached hydrogen (secondary N) is 2. The largest absolute Gasteiger partial charge is 0.489 e. The summed E-state index contributed by atoms with van der Waals surface area (Å²) in [5, 5.41) is 2.74. The van der Waals surface area contributed by atoms with E-state index >= 15 is 0 Å².